The largest absolute Gasteiger partial charge is 0.438 e. The number of hydrogen-bond donors (Lipinski definition) is 3. The summed E-state index contributed by atoms with van der Waals surface area (Å²) in [5, 5.41) is 13.8. The smallest absolute Gasteiger partial charge is 0.294 e. The quantitative estimate of drug-likeness (QED) is 0.229. The van der Waals surface area contributed by atoms with Gasteiger partial charge in [0.2, 0.25) is 11.8 Å². The van der Waals surface area contributed by atoms with Crippen LogP contribution in [0.4, 0.5) is 15.9 Å². The Bertz CT molecular complexity index is 1920. The van der Waals surface area contributed by atoms with Crippen LogP contribution in [0.2, 0.25) is 0 Å². The molecule has 13 nitrogen and oxygen atoms in total. The third-order valence-corrected chi connectivity index (χ3v) is 7.05. The number of hydrogen-bond acceptors (Lipinski definition) is 8. The van der Waals surface area contributed by atoms with Crippen LogP contribution < -0.4 is 15.4 Å². The lowest BCUT2D eigenvalue weighted by Gasteiger charge is -2.10. The first-order chi connectivity index (χ1) is 20.5. The van der Waals surface area contributed by atoms with E-state index in [0.29, 0.717) is 22.9 Å². The zero-order chi connectivity index (χ0) is 30.7. The van der Waals surface area contributed by atoms with E-state index < -0.39 is 21.8 Å². The second kappa shape index (κ2) is 12.0. The van der Waals surface area contributed by atoms with Gasteiger partial charge < -0.3 is 15.4 Å². The molecule has 1 aliphatic carbocycles. The van der Waals surface area contributed by atoms with E-state index in [1.54, 1.807) is 56.6 Å². The highest BCUT2D eigenvalue weighted by Gasteiger charge is 2.30. The zero-order valence-corrected chi connectivity index (χ0v) is 23.7. The van der Waals surface area contributed by atoms with Crippen molar-refractivity contribution in [3.05, 3.63) is 90.1 Å². The molecule has 0 saturated heterocycles. The highest BCUT2D eigenvalue weighted by atomic mass is 32.2. The number of anilines is 2. The summed E-state index contributed by atoms with van der Waals surface area (Å²) < 4.78 is 52.2. The maximum absolute atomic E-state index is 14.3. The molecule has 3 aromatic heterocycles. The monoisotopic (exact) mass is 607 g/mol. The van der Waals surface area contributed by atoms with Crippen molar-refractivity contribution in [1.82, 2.24) is 24.4 Å². The Balaban J connectivity index is 0.000000314. The molecule has 3 N–H and O–H groups in total. The van der Waals surface area contributed by atoms with E-state index in [2.05, 4.69) is 25.8 Å². The number of amides is 2. The predicted molar refractivity (Wildman–Crippen MR) is 153 cm³/mol. The Labute approximate surface area is 245 Å². The summed E-state index contributed by atoms with van der Waals surface area (Å²) in [4.78, 5) is 28.7. The van der Waals surface area contributed by atoms with Crippen LogP contribution in [0.5, 0.6) is 11.6 Å². The fourth-order valence-corrected chi connectivity index (χ4v) is 4.44. The molecule has 1 aliphatic rings. The van der Waals surface area contributed by atoms with E-state index in [-0.39, 0.29) is 34.0 Å². The van der Waals surface area contributed by atoms with Crippen molar-refractivity contribution in [1.29, 1.82) is 0 Å². The average Bonchev–Trinajstić information content (AvgIpc) is 3.66. The Kier molecular flexibility index (Phi) is 8.18. The van der Waals surface area contributed by atoms with E-state index in [1.807, 2.05) is 0 Å². The predicted octanol–water partition coefficient (Wildman–Crippen LogP) is 4.24. The minimum Gasteiger partial charge on any atom is -0.438 e. The third-order valence-electron chi connectivity index (χ3n) is 6.18. The standard InChI is InChI=1S/C22H20FN7O3.C6H6O3S/c1-12-9-17(29(2)27-12)22(32)24-16-10-14(5-6-15(16)23)33-20-8-7-19-25-18(11-30(19)28-20)26-21(31)13-3-4-13;7-10(8,9)6-4-2-1-3-5-6/h5-11,13H,3-4H2,1-2H3,(H,24,32)(H,26,31);1-5H,(H,7,8,9). The molecular weight excluding hydrogens is 581 g/mol. The summed E-state index contributed by atoms with van der Waals surface area (Å²) >= 11 is 0. The number of aryl methyl sites for hydroxylation is 2. The molecule has 2 aromatic carbocycles. The number of carbonyl (C=O) groups excluding carboxylic acids is 2. The van der Waals surface area contributed by atoms with E-state index >= 15 is 0 Å². The van der Waals surface area contributed by atoms with E-state index in [1.165, 1.54) is 39.5 Å². The Morgan fingerprint density at radius 3 is 2.40 bits per heavy atom. The number of rotatable bonds is 7. The van der Waals surface area contributed by atoms with Gasteiger partial charge in [0.15, 0.2) is 11.5 Å². The molecular formula is C28H26FN7O6S. The first-order valence-corrected chi connectivity index (χ1v) is 14.4. The molecule has 6 rings (SSSR count). The van der Waals surface area contributed by atoms with Crippen molar-refractivity contribution in [2.24, 2.45) is 13.0 Å². The summed E-state index contributed by atoms with van der Waals surface area (Å²) in [6.07, 6.45) is 3.39. The van der Waals surface area contributed by atoms with Gasteiger partial charge >= 0.3 is 0 Å². The van der Waals surface area contributed by atoms with Gasteiger partial charge in [-0.15, -0.1) is 5.10 Å². The highest BCUT2D eigenvalue weighted by molar-refractivity contribution is 7.85. The summed E-state index contributed by atoms with van der Waals surface area (Å²) in [5.74, 6) is -0.160. The first kappa shape index (κ1) is 29.3. The molecule has 0 atom stereocenters. The second-order valence-corrected chi connectivity index (χ2v) is 11.1. The van der Waals surface area contributed by atoms with E-state index in [4.69, 9.17) is 9.29 Å². The summed E-state index contributed by atoms with van der Waals surface area (Å²) in [6, 6.07) is 16.3. The maximum Gasteiger partial charge on any atom is 0.294 e. The van der Waals surface area contributed by atoms with Gasteiger partial charge in [0.05, 0.1) is 22.5 Å². The average molecular weight is 608 g/mol. The Morgan fingerprint density at radius 2 is 1.77 bits per heavy atom. The van der Waals surface area contributed by atoms with Gasteiger partial charge in [-0.25, -0.2) is 13.9 Å². The van der Waals surface area contributed by atoms with Crippen LogP contribution in [0.1, 0.15) is 29.0 Å². The highest BCUT2D eigenvalue weighted by Crippen LogP contribution is 2.30. The fourth-order valence-electron chi connectivity index (χ4n) is 3.94. The lowest BCUT2D eigenvalue weighted by Crippen LogP contribution is -2.16. The normalized spacial score (nSPS) is 12.7. The van der Waals surface area contributed by atoms with Crippen LogP contribution in [-0.2, 0) is 22.0 Å². The number of imidazole rings is 1. The van der Waals surface area contributed by atoms with Crippen molar-refractivity contribution in [2.75, 3.05) is 10.6 Å². The molecule has 0 bridgehead atoms. The second-order valence-electron chi connectivity index (χ2n) is 9.64. The summed E-state index contributed by atoms with van der Waals surface area (Å²) in [5.41, 5.74) is 1.48. The lowest BCUT2D eigenvalue weighted by atomic mass is 10.2. The maximum atomic E-state index is 14.3. The number of aromatic nitrogens is 5. The molecule has 1 fully saturated rings. The number of carbonyl (C=O) groups is 2. The molecule has 43 heavy (non-hydrogen) atoms. The van der Waals surface area contributed by atoms with E-state index in [9.17, 15) is 22.4 Å². The minimum absolute atomic E-state index is 0.0369. The fraction of sp³-hybridized carbons (Fsp3) is 0.179. The number of ether oxygens (including phenoxy) is 1. The Hall–Kier alpha value is -5.15. The van der Waals surface area contributed by atoms with Crippen LogP contribution in [-0.4, -0.2) is 49.2 Å². The molecule has 5 aromatic rings. The number of benzene rings is 2. The molecule has 0 spiro atoms. The third kappa shape index (κ3) is 7.38. The lowest BCUT2D eigenvalue weighted by molar-refractivity contribution is -0.117. The molecule has 2 amide bonds. The minimum atomic E-state index is -4.00. The summed E-state index contributed by atoms with van der Waals surface area (Å²) in [6.45, 7) is 1.76. The van der Waals surface area contributed by atoms with Gasteiger partial charge in [0.25, 0.3) is 16.0 Å². The number of fused-ring (bicyclic) bond motifs is 1. The van der Waals surface area contributed by atoms with Crippen molar-refractivity contribution in [3.63, 3.8) is 0 Å². The zero-order valence-electron chi connectivity index (χ0n) is 22.9. The van der Waals surface area contributed by atoms with E-state index in [0.717, 1.165) is 12.8 Å². The van der Waals surface area contributed by atoms with Crippen LogP contribution in [0.15, 0.2) is 77.8 Å². The van der Waals surface area contributed by atoms with Crippen LogP contribution in [0.3, 0.4) is 0 Å². The summed E-state index contributed by atoms with van der Waals surface area (Å²) in [7, 11) is -2.37. The van der Waals surface area contributed by atoms with Gasteiger partial charge in [0.1, 0.15) is 17.3 Å². The molecule has 0 unspecified atom stereocenters. The first-order valence-electron chi connectivity index (χ1n) is 13.0. The molecule has 222 valence electrons. The van der Waals surface area contributed by atoms with Crippen molar-refractivity contribution in [3.8, 4) is 11.6 Å². The number of nitrogens with zero attached hydrogens (tertiary/aromatic N) is 5. The molecule has 0 radical (unpaired) electrons. The van der Waals surface area contributed by atoms with Crippen LogP contribution >= 0.6 is 0 Å². The van der Waals surface area contributed by atoms with Crippen molar-refractivity contribution in [2.45, 2.75) is 24.7 Å². The van der Waals surface area contributed by atoms with Gasteiger partial charge in [0, 0.05) is 25.1 Å². The molecule has 0 aliphatic heterocycles. The Morgan fingerprint density at radius 1 is 1.02 bits per heavy atom. The topological polar surface area (TPSA) is 170 Å². The van der Waals surface area contributed by atoms with Crippen molar-refractivity contribution < 1.29 is 31.7 Å². The van der Waals surface area contributed by atoms with Gasteiger partial charge in [-0.1, -0.05) is 18.2 Å². The van der Waals surface area contributed by atoms with Crippen LogP contribution in [0, 0.1) is 18.7 Å². The molecule has 15 heteroatoms. The van der Waals surface area contributed by atoms with Crippen molar-refractivity contribution >= 4 is 39.1 Å². The number of halogens is 1. The SMILES string of the molecule is Cc1cc(C(=O)Nc2cc(Oc3ccc4nc(NC(=O)C5CC5)cn4n3)ccc2F)n(C)n1.O=S(=O)(O)c1ccccc1. The van der Waals surface area contributed by atoms with Gasteiger partial charge in [-0.05, 0) is 56.2 Å². The molecule has 1 saturated carbocycles. The van der Waals surface area contributed by atoms with Gasteiger partial charge in [-0.3, -0.25) is 18.8 Å². The van der Waals surface area contributed by atoms with Crippen LogP contribution in [0.25, 0.3) is 5.65 Å². The number of nitrogens with one attached hydrogen (secondary N) is 2. The molecule has 3 heterocycles. The van der Waals surface area contributed by atoms with Gasteiger partial charge in [-0.2, -0.15) is 13.5 Å².